The van der Waals surface area contributed by atoms with Gasteiger partial charge in [0.15, 0.2) is 0 Å². The molecule has 0 aromatic heterocycles. The van der Waals surface area contributed by atoms with Crippen molar-refractivity contribution >= 4 is 17.8 Å². The zero-order chi connectivity index (χ0) is 18.2. The van der Waals surface area contributed by atoms with E-state index in [2.05, 4.69) is 0 Å². The third-order valence-corrected chi connectivity index (χ3v) is 6.36. The minimum Gasteiger partial charge on any atom is -0.480 e. The molecule has 0 saturated carbocycles. The number of rotatable bonds is 2. The highest BCUT2D eigenvalue weighted by molar-refractivity contribution is 6.12. The number of carbonyl (C=O) groups is 3. The fraction of sp³-hybridized carbons (Fsp3) is 0.286. The van der Waals surface area contributed by atoms with Crippen LogP contribution in [0.4, 0.5) is 0 Å². The maximum absolute atomic E-state index is 13.1. The van der Waals surface area contributed by atoms with Crippen molar-refractivity contribution in [2.75, 3.05) is 6.54 Å². The Labute approximate surface area is 150 Å². The van der Waals surface area contributed by atoms with Crippen LogP contribution in [0.3, 0.4) is 0 Å². The lowest BCUT2D eigenvalue weighted by Crippen LogP contribution is -2.57. The molecule has 130 valence electrons. The number of hydrogen-bond donors (Lipinski definition) is 1. The largest absolute Gasteiger partial charge is 0.480 e. The number of carboxylic acids is 1. The SMILES string of the molecule is CCN1C(=O)[C@@H]2[C@@H](C1=O)C1c3ccccc3C2(C(=O)O)c2ccccc21. The van der Waals surface area contributed by atoms with E-state index in [1.165, 1.54) is 4.90 Å². The summed E-state index contributed by atoms with van der Waals surface area (Å²) in [6.07, 6.45) is 0. The average Bonchev–Trinajstić information content (AvgIpc) is 2.92. The fourth-order valence-corrected chi connectivity index (χ4v) is 5.51. The molecule has 2 aromatic rings. The maximum atomic E-state index is 13.1. The van der Waals surface area contributed by atoms with Crippen LogP contribution in [-0.4, -0.2) is 34.3 Å². The van der Waals surface area contributed by atoms with E-state index in [1.54, 1.807) is 31.2 Å². The number of imide groups is 1. The summed E-state index contributed by atoms with van der Waals surface area (Å²) >= 11 is 0. The van der Waals surface area contributed by atoms with Gasteiger partial charge in [-0.3, -0.25) is 19.3 Å². The Hall–Kier alpha value is -2.95. The van der Waals surface area contributed by atoms with E-state index in [4.69, 9.17) is 0 Å². The number of aliphatic carboxylic acids is 1. The van der Waals surface area contributed by atoms with Gasteiger partial charge in [-0.05, 0) is 29.2 Å². The van der Waals surface area contributed by atoms with Crippen LogP contribution in [0.5, 0.6) is 0 Å². The van der Waals surface area contributed by atoms with E-state index in [0.717, 1.165) is 11.1 Å². The third kappa shape index (κ3) is 1.43. The van der Waals surface area contributed by atoms with Crippen LogP contribution in [0, 0.1) is 11.8 Å². The molecule has 4 aliphatic rings. The second-order valence-corrected chi connectivity index (χ2v) is 7.19. The van der Waals surface area contributed by atoms with Crippen molar-refractivity contribution in [1.82, 2.24) is 4.90 Å². The van der Waals surface area contributed by atoms with Gasteiger partial charge in [0, 0.05) is 12.5 Å². The minimum absolute atomic E-state index is 0.248. The standard InChI is InChI=1S/C21H17NO4/c1-2-22-18(23)16-15-11-7-3-5-9-13(11)21(20(25)26,17(16)19(22)24)14-10-6-4-8-12(14)15/h3-10,15-17H,2H2,1H3,(H,25,26)/t15?,16-,17-,21?/m0/s1. The molecule has 2 aromatic carbocycles. The molecule has 1 saturated heterocycles. The smallest absolute Gasteiger partial charge is 0.319 e. The number of carbonyl (C=O) groups excluding carboxylic acids is 2. The summed E-state index contributed by atoms with van der Waals surface area (Å²) in [5.74, 6) is -3.49. The van der Waals surface area contributed by atoms with Gasteiger partial charge in [-0.25, -0.2) is 0 Å². The fourth-order valence-electron chi connectivity index (χ4n) is 5.51. The lowest BCUT2D eigenvalue weighted by atomic mass is 9.47. The molecule has 2 atom stereocenters. The van der Waals surface area contributed by atoms with Crippen molar-refractivity contribution in [3.05, 3.63) is 70.8 Å². The summed E-state index contributed by atoms with van der Waals surface area (Å²) in [5, 5.41) is 10.4. The molecule has 3 aliphatic carbocycles. The summed E-state index contributed by atoms with van der Waals surface area (Å²) < 4.78 is 0. The quantitative estimate of drug-likeness (QED) is 0.845. The first kappa shape index (κ1) is 15.3. The van der Waals surface area contributed by atoms with Gasteiger partial charge in [-0.1, -0.05) is 48.5 Å². The van der Waals surface area contributed by atoms with Crippen molar-refractivity contribution in [3.8, 4) is 0 Å². The molecule has 26 heavy (non-hydrogen) atoms. The number of amides is 2. The predicted molar refractivity (Wildman–Crippen MR) is 92.5 cm³/mol. The maximum Gasteiger partial charge on any atom is 0.319 e. The van der Waals surface area contributed by atoms with E-state index in [1.807, 2.05) is 24.3 Å². The highest BCUT2D eigenvalue weighted by atomic mass is 16.4. The van der Waals surface area contributed by atoms with Gasteiger partial charge < -0.3 is 5.11 Å². The van der Waals surface area contributed by atoms with Crippen LogP contribution in [0.1, 0.15) is 35.1 Å². The van der Waals surface area contributed by atoms with Crippen molar-refractivity contribution in [1.29, 1.82) is 0 Å². The Balaban J connectivity index is 1.95. The monoisotopic (exact) mass is 347 g/mol. The number of nitrogens with zero attached hydrogens (tertiary/aromatic N) is 1. The molecule has 5 nitrogen and oxygen atoms in total. The van der Waals surface area contributed by atoms with E-state index in [-0.39, 0.29) is 24.3 Å². The van der Waals surface area contributed by atoms with E-state index >= 15 is 0 Å². The Morgan fingerprint density at radius 1 is 1.00 bits per heavy atom. The third-order valence-electron chi connectivity index (χ3n) is 6.36. The Kier molecular flexibility index (Phi) is 2.84. The van der Waals surface area contributed by atoms with Gasteiger partial charge >= 0.3 is 5.97 Å². The summed E-state index contributed by atoms with van der Waals surface area (Å²) in [6.45, 7) is 2.02. The topological polar surface area (TPSA) is 74.7 Å². The molecule has 1 fully saturated rings. The highest BCUT2D eigenvalue weighted by Crippen LogP contribution is 2.64. The first-order chi connectivity index (χ1) is 12.5. The summed E-state index contributed by atoms with van der Waals surface area (Å²) in [7, 11) is 0. The van der Waals surface area contributed by atoms with Crippen LogP contribution < -0.4 is 0 Å². The Morgan fingerprint density at radius 3 is 2.04 bits per heavy atom. The predicted octanol–water partition coefficient (Wildman–Crippen LogP) is 2.14. The van der Waals surface area contributed by atoms with E-state index in [0.29, 0.717) is 11.1 Å². The second-order valence-electron chi connectivity index (χ2n) is 7.19. The Bertz CT molecular complexity index is 948. The summed E-state index contributed by atoms with van der Waals surface area (Å²) in [5.41, 5.74) is 1.50. The Morgan fingerprint density at radius 2 is 1.54 bits per heavy atom. The molecule has 1 aliphatic heterocycles. The van der Waals surface area contributed by atoms with Crippen molar-refractivity contribution in [2.45, 2.75) is 18.3 Å². The van der Waals surface area contributed by atoms with Crippen LogP contribution >= 0.6 is 0 Å². The molecule has 0 radical (unpaired) electrons. The first-order valence-corrected chi connectivity index (χ1v) is 8.82. The molecule has 1 heterocycles. The van der Waals surface area contributed by atoms with Crippen LogP contribution in [0.25, 0.3) is 0 Å². The van der Waals surface area contributed by atoms with Crippen molar-refractivity contribution in [2.24, 2.45) is 11.8 Å². The molecular weight excluding hydrogens is 330 g/mol. The zero-order valence-corrected chi connectivity index (χ0v) is 14.2. The van der Waals surface area contributed by atoms with Gasteiger partial charge in [0.05, 0.1) is 11.8 Å². The van der Waals surface area contributed by atoms with Gasteiger partial charge in [-0.2, -0.15) is 0 Å². The lowest BCUT2D eigenvalue weighted by Gasteiger charge is -2.51. The number of benzene rings is 2. The van der Waals surface area contributed by atoms with Gasteiger partial charge in [0.25, 0.3) is 0 Å². The first-order valence-electron chi connectivity index (χ1n) is 8.82. The van der Waals surface area contributed by atoms with E-state index in [9.17, 15) is 19.5 Å². The number of likely N-dealkylation sites (tertiary alicyclic amines) is 1. The van der Waals surface area contributed by atoms with Crippen molar-refractivity contribution in [3.63, 3.8) is 0 Å². The molecular formula is C21H17NO4. The van der Waals surface area contributed by atoms with E-state index < -0.39 is 23.2 Å². The number of carboxylic acid groups (broad SMARTS) is 1. The molecule has 1 N–H and O–H groups in total. The zero-order valence-electron chi connectivity index (χ0n) is 14.2. The van der Waals surface area contributed by atoms with Crippen molar-refractivity contribution < 1.29 is 19.5 Å². The second kappa shape index (κ2) is 4.81. The summed E-state index contributed by atoms with van der Waals surface area (Å²) in [4.78, 5) is 40.2. The highest BCUT2D eigenvalue weighted by Gasteiger charge is 2.70. The van der Waals surface area contributed by atoms with Crippen LogP contribution in [-0.2, 0) is 19.8 Å². The van der Waals surface area contributed by atoms with Crippen LogP contribution in [0.15, 0.2) is 48.5 Å². The molecule has 2 bridgehead atoms. The molecule has 0 spiro atoms. The molecule has 0 unspecified atom stereocenters. The minimum atomic E-state index is -1.51. The van der Waals surface area contributed by atoms with Gasteiger partial charge in [-0.15, -0.1) is 0 Å². The molecule has 5 heteroatoms. The van der Waals surface area contributed by atoms with Crippen LogP contribution in [0.2, 0.25) is 0 Å². The summed E-state index contributed by atoms with van der Waals surface area (Å²) in [6, 6.07) is 14.7. The van der Waals surface area contributed by atoms with Gasteiger partial charge in [0.2, 0.25) is 11.8 Å². The van der Waals surface area contributed by atoms with Gasteiger partial charge in [0.1, 0.15) is 5.41 Å². The normalized spacial score (nSPS) is 30.8. The average molecular weight is 347 g/mol. The number of hydrogen-bond acceptors (Lipinski definition) is 3. The molecule has 2 amide bonds. The molecule has 6 rings (SSSR count). The lowest BCUT2D eigenvalue weighted by molar-refractivity contribution is -0.150.